The fourth-order valence-electron chi connectivity index (χ4n) is 2.96. The van der Waals surface area contributed by atoms with E-state index >= 15 is 0 Å². The molecule has 20 heavy (non-hydrogen) atoms. The van der Waals surface area contributed by atoms with E-state index in [-0.39, 0.29) is 5.92 Å². The Labute approximate surface area is 120 Å². The molecule has 1 atom stereocenters. The predicted molar refractivity (Wildman–Crippen MR) is 77.9 cm³/mol. The molecule has 4 nitrogen and oxygen atoms in total. The average Bonchev–Trinajstić information content (AvgIpc) is 3.33. The molecule has 1 aliphatic carbocycles. The third-order valence-corrected chi connectivity index (χ3v) is 4.24. The summed E-state index contributed by atoms with van der Waals surface area (Å²) in [6.45, 7) is 3.46. The first-order valence-corrected chi connectivity index (χ1v) is 7.43. The van der Waals surface area contributed by atoms with Crippen LogP contribution >= 0.6 is 0 Å². The van der Waals surface area contributed by atoms with E-state index in [0.29, 0.717) is 11.8 Å². The highest BCUT2D eigenvalue weighted by molar-refractivity contribution is 5.84. The van der Waals surface area contributed by atoms with Crippen LogP contribution in [-0.4, -0.2) is 44.1 Å². The molecule has 2 aliphatic rings. The maximum atomic E-state index is 12.8. The van der Waals surface area contributed by atoms with E-state index in [2.05, 4.69) is 11.4 Å². The molecule has 1 aromatic carbocycles. The van der Waals surface area contributed by atoms with Crippen molar-refractivity contribution in [1.82, 2.24) is 10.2 Å². The quantitative estimate of drug-likeness (QED) is 0.907. The molecule has 0 bridgehead atoms. The molecule has 2 fully saturated rings. The lowest BCUT2D eigenvalue weighted by molar-refractivity contribution is -0.133. The molecule has 0 radical (unpaired) electrons. The van der Waals surface area contributed by atoms with Crippen LogP contribution in [0.15, 0.2) is 24.3 Å². The van der Waals surface area contributed by atoms with Gasteiger partial charge in [0.1, 0.15) is 5.75 Å². The van der Waals surface area contributed by atoms with Crippen molar-refractivity contribution < 1.29 is 9.53 Å². The summed E-state index contributed by atoms with van der Waals surface area (Å²) in [7, 11) is 1.67. The molecule has 1 unspecified atom stereocenters. The van der Waals surface area contributed by atoms with Crippen molar-refractivity contribution in [2.75, 3.05) is 33.3 Å². The standard InChI is InChI=1S/C16H22N2O2/c1-20-14-4-2-3-13(11-14)15(12-5-6-12)16(19)18-9-7-17-8-10-18/h2-4,11-12,15,17H,5-10H2,1H3. The van der Waals surface area contributed by atoms with Gasteiger partial charge in [0.15, 0.2) is 0 Å². The van der Waals surface area contributed by atoms with Gasteiger partial charge in [-0.1, -0.05) is 12.1 Å². The van der Waals surface area contributed by atoms with Gasteiger partial charge in [-0.15, -0.1) is 0 Å². The molecule has 0 spiro atoms. The van der Waals surface area contributed by atoms with E-state index in [1.54, 1.807) is 7.11 Å². The number of amides is 1. The minimum Gasteiger partial charge on any atom is -0.497 e. The number of rotatable bonds is 4. The highest BCUT2D eigenvalue weighted by Gasteiger charge is 2.39. The lowest BCUT2D eigenvalue weighted by Gasteiger charge is -2.31. The van der Waals surface area contributed by atoms with Gasteiger partial charge in [-0.3, -0.25) is 4.79 Å². The number of nitrogens with one attached hydrogen (secondary N) is 1. The monoisotopic (exact) mass is 274 g/mol. The number of ether oxygens (including phenoxy) is 1. The fourth-order valence-corrected chi connectivity index (χ4v) is 2.96. The Hall–Kier alpha value is -1.55. The summed E-state index contributed by atoms with van der Waals surface area (Å²) in [6, 6.07) is 7.99. The van der Waals surface area contributed by atoms with E-state index in [0.717, 1.165) is 37.5 Å². The molecular formula is C16H22N2O2. The molecule has 1 N–H and O–H groups in total. The SMILES string of the molecule is COc1cccc(C(C(=O)N2CCNCC2)C2CC2)c1. The summed E-state index contributed by atoms with van der Waals surface area (Å²) in [4.78, 5) is 14.9. The number of nitrogens with zero attached hydrogens (tertiary/aromatic N) is 1. The molecule has 1 aliphatic heterocycles. The molecular weight excluding hydrogens is 252 g/mol. The van der Waals surface area contributed by atoms with Gasteiger partial charge in [-0.2, -0.15) is 0 Å². The molecule has 0 aromatic heterocycles. The molecule has 1 amide bonds. The van der Waals surface area contributed by atoms with Gasteiger partial charge in [-0.25, -0.2) is 0 Å². The molecule has 1 aromatic rings. The first kappa shape index (κ1) is 13.4. The van der Waals surface area contributed by atoms with Crippen LogP contribution in [0.25, 0.3) is 0 Å². The van der Waals surface area contributed by atoms with Gasteiger partial charge in [-0.05, 0) is 36.5 Å². The fraction of sp³-hybridized carbons (Fsp3) is 0.562. The van der Waals surface area contributed by atoms with E-state index in [9.17, 15) is 4.79 Å². The Morgan fingerprint density at radius 2 is 2.10 bits per heavy atom. The number of carbonyl (C=O) groups excluding carboxylic acids is 1. The number of carbonyl (C=O) groups is 1. The smallest absolute Gasteiger partial charge is 0.230 e. The Morgan fingerprint density at radius 3 is 2.75 bits per heavy atom. The van der Waals surface area contributed by atoms with Crippen LogP contribution in [0, 0.1) is 5.92 Å². The maximum absolute atomic E-state index is 12.8. The normalized spacial score (nSPS) is 20.6. The minimum atomic E-state index is 0.0169. The van der Waals surface area contributed by atoms with Crippen LogP contribution in [0.3, 0.4) is 0 Å². The molecule has 3 rings (SSSR count). The van der Waals surface area contributed by atoms with Crippen LogP contribution in [0.4, 0.5) is 0 Å². The van der Waals surface area contributed by atoms with Gasteiger partial charge in [0, 0.05) is 26.2 Å². The van der Waals surface area contributed by atoms with Gasteiger partial charge in [0.05, 0.1) is 13.0 Å². The summed E-state index contributed by atoms with van der Waals surface area (Å²) < 4.78 is 5.30. The molecule has 1 heterocycles. The van der Waals surface area contributed by atoms with Gasteiger partial charge in [0.2, 0.25) is 5.91 Å². The second kappa shape index (κ2) is 5.83. The molecule has 1 saturated heterocycles. The number of hydrogen-bond acceptors (Lipinski definition) is 3. The first-order chi connectivity index (χ1) is 9.79. The summed E-state index contributed by atoms with van der Waals surface area (Å²) >= 11 is 0. The third-order valence-electron chi connectivity index (χ3n) is 4.24. The van der Waals surface area contributed by atoms with Crippen molar-refractivity contribution in [2.24, 2.45) is 5.92 Å². The van der Waals surface area contributed by atoms with Crippen molar-refractivity contribution in [3.63, 3.8) is 0 Å². The Bertz CT molecular complexity index is 479. The highest BCUT2D eigenvalue weighted by atomic mass is 16.5. The summed E-state index contributed by atoms with van der Waals surface area (Å²) in [5, 5.41) is 3.30. The van der Waals surface area contributed by atoms with E-state index in [1.165, 1.54) is 12.8 Å². The Kier molecular flexibility index (Phi) is 3.92. The van der Waals surface area contributed by atoms with Gasteiger partial charge >= 0.3 is 0 Å². The second-order valence-corrected chi connectivity index (χ2v) is 5.67. The molecule has 1 saturated carbocycles. The van der Waals surface area contributed by atoms with E-state index < -0.39 is 0 Å². The Morgan fingerprint density at radius 1 is 1.35 bits per heavy atom. The largest absolute Gasteiger partial charge is 0.497 e. The lowest BCUT2D eigenvalue weighted by atomic mass is 9.92. The average molecular weight is 274 g/mol. The minimum absolute atomic E-state index is 0.0169. The van der Waals surface area contributed by atoms with E-state index in [1.807, 2.05) is 23.1 Å². The first-order valence-electron chi connectivity index (χ1n) is 7.43. The van der Waals surface area contributed by atoms with Crippen LogP contribution in [0.2, 0.25) is 0 Å². The van der Waals surface area contributed by atoms with E-state index in [4.69, 9.17) is 4.74 Å². The van der Waals surface area contributed by atoms with Crippen LogP contribution < -0.4 is 10.1 Å². The number of hydrogen-bond donors (Lipinski definition) is 1. The van der Waals surface area contributed by atoms with Crippen LogP contribution in [-0.2, 0) is 4.79 Å². The zero-order valence-corrected chi connectivity index (χ0v) is 12.0. The predicted octanol–water partition coefficient (Wildman–Crippen LogP) is 1.62. The lowest BCUT2D eigenvalue weighted by Crippen LogP contribution is -2.48. The van der Waals surface area contributed by atoms with Crippen molar-refractivity contribution in [3.8, 4) is 5.75 Å². The topological polar surface area (TPSA) is 41.6 Å². The van der Waals surface area contributed by atoms with Crippen molar-refractivity contribution >= 4 is 5.91 Å². The number of piperazine rings is 1. The highest BCUT2D eigenvalue weighted by Crippen LogP contribution is 2.44. The summed E-state index contributed by atoms with van der Waals surface area (Å²) in [5.41, 5.74) is 1.11. The number of benzene rings is 1. The van der Waals surface area contributed by atoms with Gasteiger partial charge in [0.25, 0.3) is 0 Å². The third kappa shape index (κ3) is 2.80. The number of methoxy groups -OCH3 is 1. The summed E-state index contributed by atoms with van der Waals surface area (Å²) in [6.07, 6.45) is 2.33. The van der Waals surface area contributed by atoms with Crippen molar-refractivity contribution in [2.45, 2.75) is 18.8 Å². The molecule has 4 heteroatoms. The Balaban J connectivity index is 1.82. The summed E-state index contributed by atoms with van der Waals surface area (Å²) in [5.74, 6) is 1.66. The molecule has 108 valence electrons. The second-order valence-electron chi connectivity index (χ2n) is 5.67. The van der Waals surface area contributed by atoms with Crippen molar-refractivity contribution in [3.05, 3.63) is 29.8 Å². The zero-order valence-electron chi connectivity index (χ0n) is 12.0. The zero-order chi connectivity index (χ0) is 13.9. The van der Waals surface area contributed by atoms with Crippen molar-refractivity contribution in [1.29, 1.82) is 0 Å². The van der Waals surface area contributed by atoms with Crippen LogP contribution in [0.1, 0.15) is 24.3 Å². The van der Waals surface area contributed by atoms with Gasteiger partial charge < -0.3 is 15.0 Å². The maximum Gasteiger partial charge on any atom is 0.230 e. The van der Waals surface area contributed by atoms with Crippen LogP contribution in [0.5, 0.6) is 5.75 Å².